The van der Waals surface area contributed by atoms with E-state index in [9.17, 15) is 8.78 Å². The van der Waals surface area contributed by atoms with Gasteiger partial charge in [-0.1, -0.05) is 0 Å². The summed E-state index contributed by atoms with van der Waals surface area (Å²) in [7, 11) is 0. The molecule has 2 rings (SSSR count). The number of nitrogens with zero attached hydrogens (tertiary/aromatic N) is 4. The van der Waals surface area contributed by atoms with E-state index in [0.717, 1.165) is 6.92 Å². The van der Waals surface area contributed by atoms with Gasteiger partial charge in [-0.05, 0) is 0 Å². The monoisotopic (exact) mass is 184 g/mol. The molecular formula is C7H6F2N4. The third-order valence-electron chi connectivity index (χ3n) is 1.61. The molecule has 0 aliphatic rings. The van der Waals surface area contributed by atoms with E-state index in [0.29, 0.717) is 5.65 Å². The zero-order chi connectivity index (χ0) is 9.47. The first kappa shape index (κ1) is 8.03. The van der Waals surface area contributed by atoms with Crippen LogP contribution in [0.1, 0.15) is 12.7 Å². The molecule has 2 aromatic heterocycles. The van der Waals surface area contributed by atoms with Crippen molar-refractivity contribution in [2.24, 2.45) is 0 Å². The molecule has 0 saturated carbocycles. The Hall–Kier alpha value is -1.59. The number of hydrogen-bond acceptors (Lipinski definition) is 3. The molecule has 0 N–H and O–H groups in total. The second-order valence-electron chi connectivity index (χ2n) is 2.72. The molecule has 0 aliphatic carbocycles. The molecule has 68 valence electrons. The smallest absolute Gasteiger partial charge is 0.278 e. The van der Waals surface area contributed by atoms with Crippen molar-refractivity contribution in [2.45, 2.75) is 12.8 Å². The molecule has 0 aromatic carbocycles. The molecule has 4 nitrogen and oxygen atoms in total. The minimum absolute atomic E-state index is 0.319. The Morgan fingerprint density at radius 3 is 2.85 bits per heavy atom. The zero-order valence-corrected chi connectivity index (χ0v) is 6.78. The molecule has 0 amide bonds. The SMILES string of the molecule is CC(F)(F)c1nnc2cnccn12. The van der Waals surface area contributed by atoms with Gasteiger partial charge in [-0.15, -0.1) is 10.2 Å². The van der Waals surface area contributed by atoms with Crippen LogP contribution in [0.2, 0.25) is 0 Å². The summed E-state index contributed by atoms with van der Waals surface area (Å²) in [4.78, 5) is 3.74. The maximum absolute atomic E-state index is 12.9. The molecule has 2 heterocycles. The van der Waals surface area contributed by atoms with E-state index in [-0.39, 0.29) is 5.82 Å². The number of rotatable bonds is 1. The Bertz CT molecular complexity index is 431. The third-order valence-corrected chi connectivity index (χ3v) is 1.61. The Labute approximate surface area is 72.2 Å². The number of aromatic nitrogens is 4. The van der Waals surface area contributed by atoms with Crippen molar-refractivity contribution in [3.05, 3.63) is 24.4 Å². The Morgan fingerprint density at radius 1 is 1.38 bits per heavy atom. The van der Waals surface area contributed by atoms with Crippen LogP contribution in [0.25, 0.3) is 5.65 Å². The number of halogens is 2. The van der Waals surface area contributed by atoms with Crippen LogP contribution in [0.5, 0.6) is 0 Å². The molecule has 0 unspecified atom stereocenters. The first-order chi connectivity index (χ1) is 6.09. The number of hydrogen-bond donors (Lipinski definition) is 0. The average molecular weight is 184 g/mol. The highest BCUT2D eigenvalue weighted by Gasteiger charge is 2.30. The Kier molecular flexibility index (Phi) is 1.51. The highest BCUT2D eigenvalue weighted by Crippen LogP contribution is 2.24. The van der Waals surface area contributed by atoms with Gasteiger partial charge in [0.2, 0.25) is 5.82 Å². The van der Waals surface area contributed by atoms with Gasteiger partial charge in [0, 0.05) is 19.3 Å². The van der Waals surface area contributed by atoms with Crippen molar-refractivity contribution in [1.82, 2.24) is 19.6 Å². The molecule has 0 radical (unpaired) electrons. The molecular weight excluding hydrogens is 178 g/mol. The molecule has 13 heavy (non-hydrogen) atoms. The average Bonchev–Trinajstić information content (AvgIpc) is 2.45. The van der Waals surface area contributed by atoms with Crippen molar-refractivity contribution < 1.29 is 8.78 Å². The second-order valence-corrected chi connectivity index (χ2v) is 2.72. The third kappa shape index (κ3) is 1.24. The normalized spacial score (nSPS) is 12.2. The maximum Gasteiger partial charge on any atom is 0.304 e. The molecule has 0 spiro atoms. The summed E-state index contributed by atoms with van der Waals surface area (Å²) in [6, 6.07) is 0. The fourth-order valence-electron chi connectivity index (χ4n) is 1.05. The lowest BCUT2D eigenvalue weighted by molar-refractivity contribution is 0.00667. The molecule has 0 atom stereocenters. The second kappa shape index (κ2) is 2.45. The molecule has 2 aromatic rings. The van der Waals surface area contributed by atoms with Gasteiger partial charge >= 0.3 is 5.92 Å². The van der Waals surface area contributed by atoms with Crippen LogP contribution < -0.4 is 0 Å². The predicted molar refractivity (Wildman–Crippen MR) is 40.4 cm³/mol. The van der Waals surface area contributed by atoms with Gasteiger partial charge in [-0.2, -0.15) is 8.78 Å². The fraction of sp³-hybridized carbons (Fsp3) is 0.286. The van der Waals surface area contributed by atoms with Gasteiger partial charge in [0.05, 0.1) is 6.20 Å². The minimum atomic E-state index is -2.99. The van der Waals surface area contributed by atoms with Gasteiger partial charge in [0.15, 0.2) is 5.65 Å². The standard InChI is InChI=1S/C7H6F2N4/c1-7(8,9)6-12-11-5-4-10-2-3-13(5)6/h2-4H,1H3. The highest BCUT2D eigenvalue weighted by molar-refractivity contribution is 5.34. The van der Waals surface area contributed by atoms with Crippen LogP contribution in [0, 0.1) is 0 Å². The summed E-state index contributed by atoms with van der Waals surface area (Å²) in [6.07, 6.45) is 4.19. The van der Waals surface area contributed by atoms with Crippen LogP contribution in [0.4, 0.5) is 8.78 Å². The molecule has 0 saturated heterocycles. The molecule has 6 heteroatoms. The van der Waals surface area contributed by atoms with E-state index in [1.54, 1.807) is 0 Å². The predicted octanol–water partition coefficient (Wildman–Crippen LogP) is 1.24. The van der Waals surface area contributed by atoms with Crippen molar-refractivity contribution in [1.29, 1.82) is 0 Å². The minimum Gasteiger partial charge on any atom is -0.278 e. The Balaban J connectivity index is 2.72. The van der Waals surface area contributed by atoms with E-state index in [1.165, 1.54) is 23.0 Å². The van der Waals surface area contributed by atoms with Gasteiger partial charge in [-0.3, -0.25) is 9.38 Å². The lowest BCUT2D eigenvalue weighted by Crippen LogP contribution is -2.12. The molecule has 0 aliphatic heterocycles. The van der Waals surface area contributed by atoms with Crippen molar-refractivity contribution in [3.8, 4) is 0 Å². The topological polar surface area (TPSA) is 43.1 Å². The zero-order valence-electron chi connectivity index (χ0n) is 6.78. The highest BCUT2D eigenvalue weighted by atomic mass is 19.3. The van der Waals surface area contributed by atoms with Crippen LogP contribution >= 0.6 is 0 Å². The summed E-state index contributed by atoms with van der Waals surface area (Å²) >= 11 is 0. The molecule has 0 fully saturated rings. The van der Waals surface area contributed by atoms with Gasteiger partial charge in [0.1, 0.15) is 0 Å². The van der Waals surface area contributed by atoms with Gasteiger partial charge < -0.3 is 0 Å². The van der Waals surface area contributed by atoms with Crippen molar-refractivity contribution in [3.63, 3.8) is 0 Å². The quantitative estimate of drug-likeness (QED) is 0.669. The summed E-state index contributed by atoms with van der Waals surface area (Å²) in [5, 5.41) is 6.95. The fourth-order valence-corrected chi connectivity index (χ4v) is 1.05. The summed E-state index contributed by atoms with van der Waals surface area (Å²) in [5.74, 6) is -3.36. The van der Waals surface area contributed by atoms with E-state index < -0.39 is 5.92 Å². The van der Waals surface area contributed by atoms with E-state index >= 15 is 0 Å². The summed E-state index contributed by atoms with van der Waals surface area (Å²) in [5.41, 5.74) is 0.319. The summed E-state index contributed by atoms with van der Waals surface area (Å²) < 4.78 is 27.0. The lowest BCUT2D eigenvalue weighted by atomic mass is 10.4. The summed E-state index contributed by atoms with van der Waals surface area (Å²) in [6.45, 7) is 0.782. The molecule has 0 bridgehead atoms. The van der Waals surface area contributed by atoms with Crippen LogP contribution in [0.3, 0.4) is 0 Å². The number of fused-ring (bicyclic) bond motifs is 1. The van der Waals surface area contributed by atoms with Gasteiger partial charge in [-0.25, -0.2) is 0 Å². The van der Waals surface area contributed by atoms with Crippen molar-refractivity contribution >= 4 is 5.65 Å². The lowest BCUT2D eigenvalue weighted by Gasteiger charge is -2.06. The Morgan fingerprint density at radius 2 is 2.15 bits per heavy atom. The van der Waals surface area contributed by atoms with Crippen LogP contribution in [-0.2, 0) is 5.92 Å². The van der Waals surface area contributed by atoms with E-state index in [2.05, 4.69) is 15.2 Å². The number of alkyl halides is 2. The van der Waals surface area contributed by atoms with E-state index in [4.69, 9.17) is 0 Å². The maximum atomic E-state index is 12.9. The van der Waals surface area contributed by atoms with Crippen LogP contribution in [0.15, 0.2) is 18.6 Å². The first-order valence-corrected chi connectivity index (χ1v) is 3.62. The van der Waals surface area contributed by atoms with Crippen LogP contribution in [-0.4, -0.2) is 19.6 Å². The van der Waals surface area contributed by atoms with Crippen molar-refractivity contribution in [2.75, 3.05) is 0 Å². The largest absolute Gasteiger partial charge is 0.304 e. The first-order valence-electron chi connectivity index (χ1n) is 3.62. The van der Waals surface area contributed by atoms with Gasteiger partial charge in [0.25, 0.3) is 0 Å². The van der Waals surface area contributed by atoms with E-state index in [1.807, 2.05) is 0 Å².